The molecule has 0 saturated heterocycles. The van der Waals surface area contributed by atoms with Crippen molar-refractivity contribution in [2.45, 2.75) is 39.7 Å². The van der Waals surface area contributed by atoms with E-state index >= 15 is 0 Å². The normalized spacial score (nSPS) is 12.5. The molecule has 2 N–H and O–H groups in total. The summed E-state index contributed by atoms with van der Waals surface area (Å²) in [7, 11) is 2.09. The van der Waals surface area contributed by atoms with Crippen LogP contribution in [-0.2, 0) is 0 Å². The predicted octanol–water partition coefficient (Wildman–Crippen LogP) is 3.22. The van der Waals surface area contributed by atoms with Crippen LogP contribution in [0.2, 0.25) is 0 Å². The van der Waals surface area contributed by atoms with Crippen molar-refractivity contribution in [1.82, 2.24) is 4.90 Å². The lowest BCUT2D eigenvalue weighted by Crippen LogP contribution is -2.28. The van der Waals surface area contributed by atoms with Crippen LogP contribution < -0.4 is 15.2 Å². The highest BCUT2D eigenvalue weighted by Crippen LogP contribution is 2.32. The summed E-state index contributed by atoms with van der Waals surface area (Å²) < 4.78 is 11.6. The standard InChI is InChI=1S/C17H30N2O2/c1-5-11-20-16-8-7-15(13-17(16)21-12-6-2)14(3)19(4)10-9-18/h7-8,13-14H,5-6,9-12,18H2,1-4H3. The third-order valence-corrected chi connectivity index (χ3v) is 3.52. The zero-order chi connectivity index (χ0) is 15.7. The van der Waals surface area contributed by atoms with Crippen molar-refractivity contribution in [3.05, 3.63) is 23.8 Å². The lowest BCUT2D eigenvalue weighted by molar-refractivity contribution is 0.258. The number of nitrogens with zero attached hydrogens (tertiary/aromatic N) is 1. The topological polar surface area (TPSA) is 47.7 Å². The molecule has 4 heteroatoms. The van der Waals surface area contributed by atoms with Crippen LogP contribution in [0.15, 0.2) is 18.2 Å². The Bertz CT molecular complexity index is 410. The van der Waals surface area contributed by atoms with Gasteiger partial charge in [-0.15, -0.1) is 0 Å². The van der Waals surface area contributed by atoms with Gasteiger partial charge in [0.25, 0.3) is 0 Å². The van der Waals surface area contributed by atoms with E-state index in [0.717, 1.165) is 30.9 Å². The van der Waals surface area contributed by atoms with E-state index in [4.69, 9.17) is 15.2 Å². The maximum atomic E-state index is 5.85. The van der Waals surface area contributed by atoms with Crippen LogP contribution >= 0.6 is 0 Å². The third-order valence-electron chi connectivity index (χ3n) is 3.52. The molecule has 1 rings (SSSR count). The van der Waals surface area contributed by atoms with Gasteiger partial charge in [0.05, 0.1) is 13.2 Å². The van der Waals surface area contributed by atoms with Crippen molar-refractivity contribution in [2.24, 2.45) is 5.73 Å². The molecule has 0 aromatic heterocycles. The minimum Gasteiger partial charge on any atom is -0.490 e. The molecule has 21 heavy (non-hydrogen) atoms. The van der Waals surface area contributed by atoms with E-state index in [0.29, 0.717) is 25.8 Å². The Hall–Kier alpha value is -1.26. The lowest BCUT2D eigenvalue weighted by Gasteiger charge is -2.25. The van der Waals surface area contributed by atoms with Crippen molar-refractivity contribution in [3.63, 3.8) is 0 Å². The molecule has 0 aliphatic heterocycles. The molecule has 1 aromatic rings. The van der Waals surface area contributed by atoms with E-state index in [1.54, 1.807) is 0 Å². The van der Waals surface area contributed by atoms with Crippen molar-refractivity contribution in [3.8, 4) is 11.5 Å². The van der Waals surface area contributed by atoms with E-state index < -0.39 is 0 Å². The molecular formula is C17H30N2O2. The minimum absolute atomic E-state index is 0.303. The summed E-state index contributed by atoms with van der Waals surface area (Å²) in [5.74, 6) is 1.68. The smallest absolute Gasteiger partial charge is 0.161 e. The van der Waals surface area contributed by atoms with Gasteiger partial charge in [0.2, 0.25) is 0 Å². The highest BCUT2D eigenvalue weighted by atomic mass is 16.5. The van der Waals surface area contributed by atoms with E-state index in [9.17, 15) is 0 Å². The predicted molar refractivity (Wildman–Crippen MR) is 88.1 cm³/mol. The summed E-state index contributed by atoms with van der Waals surface area (Å²) >= 11 is 0. The van der Waals surface area contributed by atoms with Crippen molar-refractivity contribution >= 4 is 0 Å². The summed E-state index contributed by atoms with van der Waals surface area (Å²) in [5.41, 5.74) is 6.86. The maximum Gasteiger partial charge on any atom is 0.161 e. The molecule has 1 aromatic carbocycles. The minimum atomic E-state index is 0.303. The average Bonchev–Trinajstić information content (AvgIpc) is 2.50. The van der Waals surface area contributed by atoms with Crippen LogP contribution in [0.4, 0.5) is 0 Å². The van der Waals surface area contributed by atoms with Crippen LogP contribution in [0.25, 0.3) is 0 Å². The second-order valence-corrected chi connectivity index (χ2v) is 5.35. The van der Waals surface area contributed by atoms with Gasteiger partial charge >= 0.3 is 0 Å². The Morgan fingerprint density at radius 1 is 1.10 bits per heavy atom. The number of nitrogens with two attached hydrogens (primary N) is 1. The second-order valence-electron chi connectivity index (χ2n) is 5.35. The molecule has 1 unspecified atom stereocenters. The Balaban J connectivity index is 2.91. The summed E-state index contributed by atoms with van der Waals surface area (Å²) in [6.07, 6.45) is 1.98. The van der Waals surface area contributed by atoms with Crippen LogP contribution in [0, 0.1) is 0 Å². The van der Waals surface area contributed by atoms with Gasteiger partial charge in [0.1, 0.15) is 0 Å². The first kappa shape index (κ1) is 17.8. The number of hydrogen-bond donors (Lipinski definition) is 1. The summed E-state index contributed by atoms with van der Waals surface area (Å²) in [4.78, 5) is 2.24. The molecule has 0 aliphatic carbocycles. The molecule has 0 fully saturated rings. The van der Waals surface area contributed by atoms with Gasteiger partial charge in [-0.25, -0.2) is 0 Å². The first-order valence-corrected chi connectivity index (χ1v) is 7.93. The van der Waals surface area contributed by atoms with E-state index in [1.165, 1.54) is 5.56 Å². The second kappa shape index (κ2) is 9.64. The van der Waals surface area contributed by atoms with Crippen LogP contribution in [0.1, 0.15) is 45.2 Å². The van der Waals surface area contributed by atoms with Gasteiger partial charge in [-0.1, -0.05) is 19.9 Å². The fourth-order valence-corrected chi connectivity index (χ4v) is 2.09. The van der Waals surface area contributed by atoms with E-state index in [-0.39, 0.29) is 0 Å². The lowest BCUT2D eigenvalue weighted by atomic mass is 10.1. The summed E-state index contributed by atoms with van der Waals surface area (Å²) in [6.45, 7) is 9.35. The van der Waals surface area contributed by atoms with E-state index in [2.05, 4.69) is 44.9 Å². The Kier molecular flexibility index (Phi) is 8.16. The van der Waals surface area contributed by atoms with Gasteiger partial charge in [-0.3, -0.25) is 4.90 Å². The average molecular weight is 294 g/mol. The molecule has 0 aliphatic rings. The quantitative estimate of drug-likeness (QED) is 0.720. The number of hydrogen-bond acceptors (Lipinski definition) is 4. The highest BCUT2D eigenvalue weighted by Gasteiger charge is 2.14. The van der Waals surface area contributed by atoms with Gasteiger partial charge in [-0.2, -0.15) is 0 Å². The van der Waals surface area contributed by atoms with Crippen molar-refractivity contribution in [1.29, 1.82) is 0 Å². The number of ether oxygens (including phenoxy) is 2. The van der Waals surface area contributed by atoms with Crippen LogP contribution in [0.5, 0.6) is 11.5 Å². The molecule has 120 valence electrons. The van der Waals surface area contributed by atoms with Crippen molar-refractivity contribution in [2.75, 3.05) is 33.4 Å². The Labute approximate surface area is 129 Å². The molecule has 0 amide bonds. The molecule has 0 saturated carbocycles. The Morgan fingerprint density at radius 3 is 2.29 bits per heavy atom. The van der Waals surface area contributed by atoms with Crippen LogP contribution in [-0.4, -0.2) is 38.3 Å². The van der Waals surface area contributed by atoms with Gasteiger partial charge in [0, 0.05) is 19.1 Å². The van der Waals surface area contributed by atoms with Crippen LogP contribution in [0.3, 0.4) is 0 Å². The fourth-order valence-electron chi connectivity index (χ4n) is 2.09. The number of likely N-dealkylation sites (N-methyl/N-ethyl adjacent to an activating group) is 1. The summed E-state index contributed by atoms with van der Waals surface area (Å²) in [6, 6.07) is 6.53. The van der Waals surface area contributed by atoms with Gasteiger partial charge in [-0.05, 0) is 44.5 Å². The van der Waals surface area contributed by atoms with Crippen molar-refractivity contribution < 1.29 is 9.47 Å². The molecule has 0 radical (unpaired) electrons. The SMILES string of the molecule is CCCOc1ccc(C(C)N(C)CCN)cc1OCCC. The molecule has 0 bridgehead atoms. The third kappa shape index (κ3) is 5.56. The Morgan fingerprint density at radius 2 is 1.71 bits per heavy atom. The maximum absolute atomic E-state index is 5.85. The van der Waals surface area contributed by atoms with E-state index in [1.807, 2.05) is 6.07 Å². The zero-order valence-electron chi connectivity index (χ0n) is 13.9. The first-order valence-electron chi connectivity index (χ1n) is 7.93. The fraction of sp³-hybridized carbons (Fsp3) is 0.647. The molecule has 4 nitrogen and oxygen atoms in total. The zero-order valence-corrected chi connectivity index (χ0v) is 13.9. The van der Waals surface area contributed by atoms with Gasteiger partial charge in [0.15, 0.2) is 11.5 Å². The monoisotopic (exact) mass is 294 g/mol. The molecule has 1 atom stereocenters. The largest absolute Gasteiger partial charge is 0.490 e. The summed E-state index contributed by atoms with van der Waals surface area (Å²) in [5, 5.41) is 0. The number of benzene rings is 1. The highest BCUT2D eigenvalue weighted by molar-refractivity contribution is 5.43. The molecule has 0 heterocycles. The first-order chi connectivity index (χ1) is 10.1. The molecular weight excluding hydrogens is 264 g/mol. The van der Waals surface area contributed by atoms with Gasteiger partial charge < -0.3 is 15.2 Å². The molecule has 0 spiro atoms. The number of rotatable bonds is 10.